The van der Waals surface area contributed by atoms with Gasteiger partial charge < -0.3 is 9.84 Å². The summed E-state index contributed by atoms with van der Waals surface area (Å²) in [5, 5.41) is 8.64. The second kappa shape index (κ2) is 6.53. The molecule has 112 valence electrons. The van der Waals surface area contributed by atoms with Gasteiger partial charge >= 0.3 is 0 Å². The van der Waals surface area contributed by atoms with E-state index in [0.29, 0.717) is 24.4 Å². The summed E-state index contributed by atoms with van der Waals surface area (Å²) >= 11 is 1.55. The fraction of sp³-hybridized carbons (Fsp3) is 0.125. The minimum Gasteiger partial charge on any atom is -0.356 e. The zero-order valence-electron chi connectivity index (χ0n) is 11.6. The van der Waals surface area contributed by atoms with Crippen LogP contribution in [-0.4, -0.2) is 11.1 Å². The van der Waals surface area contributed by atoms with Gasteiger partial charge in [-0.25, -0.2) is 4.39 Å². The Balaban J connectivity index is 1.57. The summed E-state index contributed by atoms with van der Waals surface area (Å²) < 4.78 is 18.1. The van der Waals surface area contributed by atoms with Crippen molar-refractivity contribution in [2.24, 2.45) is 0 Å². The minimum atomic E-state index is -0.302. The number of halogens is 1. The number of hydrogen-bond acceptors (Lipinski definition) is 4. The van der Waals surface area contributed by atoms with E-state index in [9.17, 15) is 9.18 Å². The first-order chi connectivity index (χ1) is 10.7. The smallest absolute Gasteiger partial charge is 0.225 e. The van der Waals surface area contributed by atoms with Crippen molar-refractivity contribution >= 4 is 17.2 Å². The summed E-state index contributed by atoms with van der Waals surface area (Å²) in [6.07, 6.45) is 0.361. The largest absolute Gasteiger partial charge is 0.356 e. The van der Waals surface area contributed by atoms with Crippen molar-refractivity contribution in [2.75, 3.05) is 0 Å². The molecule has 0 atom stereocenters. The van der Waals surface area contributed by atoms with Gasteiger partial charge in [0.15, 0.2) is 5.76 Å². The molecule has 0 fully saturated rings. The summed E-state index contributed by atoms with van der Waals surface area (Å²) in [6.45, 7) is 0.300. The molecule has 3 rings (SSSR count). The molecule has 0 saturated carbocycles. The van der Waals surface area contributed by atoms with Crippen LogP contribution in [0.3, 0.4) is 0 Å². The van der Waals surface area contributed by atoms with E-state index in [4.69, 9.17) is 4.52 Å². The van der Waals surface area contributed by atoms with Crippen LogP contribution < -0.4 is 5.32 Å². The third kappa shape index (κ3) is 3.59. The topological polar surface area (TPSA) is 55.1 Å². The number of nitrogens with one attached hydrogen (secondary N) is 1. The molecule has 1 N–H and O–H groups in total. The zero-order chi connectivity index (χ0) is 15.4. The fourth-order valence-corrected chi connectivity index (χ4v) is 2.67. The standard InChI is InChI=1S/C16H13FN2O2S/c17-12-5-3-11(4-6-12)15-8-13(19-21-15)10-18-16(20)9-14-2-1-7-22-14/h1-8H,9-10H2,(H,18,20). The fourth-order valence-electron chi connectivity index (χ4n) is 1.97. The first-order valence-electron chi connectivity index (χ1n) is 6.71. The van der Waals surface area contributed by atoms with Crippen molar-refractivity contribution in [2.45, 2.75) is 13.0 Å². The maximum absolute atomic E-state index is 12.9. The molecule has 22 heavy (non-hydrogen) atoms. The Morgan fingerprint density at radius 2 is 2.09 bits per heavy atom. The third-order valence-electron chi connectivity index (χ3n) is 3.07. The normalized spacial score (nSPS) is 10.6. The molecule has 1 amide bonds. The number of carbonyl (C=O) groups excluding carboxylic acids is 1. The molecule has 0 bridgehead atoms. The van der Waals surface area contributed by atoms with Crippen molar-refractivity contribution < 1.29 is 13.7 Å². The Kier molecular flexibility index (Phi) is 4.29. The Hall–Kier alpha value is -2.47. The van der Waals surface area contributed by atoms with Crippen molar-refractivity contribution in [1.29, 1.82) is 0 Å². The molecule has 0 aliphatic heterocycles. The van der Waals surface area contributed by atoms with Crippen LogP contribution in [0.15, 0.2) is 52.4 Å². The van der Waals surface area contributed by atoms with Crippen LogP contribution in [0.5, 0.6) is 0 Å². The van der Waals surface area contributed by atoms with Crippen LogP contribution in [0, 0.1) is 5.82 Å². The molecule has 0 radical (unpaired) electrons. The average Bonchev–Trinajstić information content (AvgIpc) is 3.17. The molecule has 0 aliphatic carbocycles. The lowest BCUT2D eigenvalue weighted by atomic mass is 10.1. The van der Waals surface area contributed by atoms with Gasteiger partial charge in [-0.3, -0.25) is 4.79 Å². The molecule has 2 aromatic heterocycles. The van der Waals surface area contributed by atoms with Crippen molar-refractivity contribution in [3.63, 3.8) is 0 Å². The summed E-state index contributed by atoms with van der Waals surface area (Å²) in [5.74, 6) is 0.181. The van der Waals surface area contributed by atoms with Gasteiger partial charge in [0.2, 0.25) is 5.91 Å². The van der Waals surface area contributed by atoms with E-state index in [2.05, 4.69) is 10.5 Å². The van der Waals surface area contributed by atoms with E-state index in [0.717, 1.165) is 10.4 Å². The third-order valence-corrected chi connectivity index (χ3v) is 3.95. The lowest BCUT2D eigenvalue weighted by Gasteiger charge is -2.00. The van der Waals surface area contributed by atoms with E-state index in [-0.39, 0.29) is 11.7 Å². The van der Waals surface area contributed by atoms with Crippen molar-refractivity contribution in [3.8, 4) is 11.3 Å². The van der Waals surface area contributed by atoms with E-state index in [1.54, 1.807) is 29.5 Å². The predicted octanol–water partition coefficient (Wildman–Crippen LogP) is 3.40. The molecule has 4 nitrogen and oxygen atoms in total. The number of aromatic nitrogens is 1. The van der Waals surface area contributed by atoms with Crippen molar-refractivity contribution in [1.82, 2.24) is 10.5 Å². The van der Waals surface area contributed by atoms with E-state index < -0.39 is 0 Å². The molecular weight excluding hydrogens is 303 g/mol. The highest BCUT2D eigenvalue weighted by atomic mass is 32.1. The molecule has 0 saturated heterocycles. The SMILES string of the molecule is O=C(Cc1cccs1)NCc1cc(-c2ccc(F)cc2)on1. The van der Waals surface area contributed by atoms with Gasteiger partial charge in [0, 0.05) is 16.5 Å². The second-order valence-electron chi connectivity index (χ2n) is 4.72. The lowest BCUT2D eigenvalue weighted by Crippen LogP contribution is -2.24. The Labute approximate surface area is 130 Å². The first-order valence-corrected chi connectivity index (χ1v) is 7.59. The van der Waals surface area contributed by atoms with Crippen LogP contribution in [0.4, 0.5) is 4.39 Å². The maximum atomic E-state index is 12.9. The first kappa shape index (κ1) is 14.5. The molecule has 1 aromatic carbocycles. The molecule has 2 heterocycles. The van der Waals surface area contributed by atoms with Crippen LogP contribution in [-0.2, 0) is 17.8 Å². The predicted molar refractivity (Wildman–Crippen MR) is 81.8 cm³/mol. The van der Waals surface area contributed by atoms with Gasteiger partial charge in [-0.1, -0.05) is 11.2 Å². The van der Waals surface area contributed by atoms with Crippen LogP contribution in [0.1, 0.15) is 10.6 Å². The van der Waals surface area contributed by atoms with Gasteiger partial charge in [-0.15, -0.1) is 11.3 Å². The van der Waals surface area contributed by atoms with Gasteiger partial charge in [0.1, 0.15) is 11.5 Å². The maximum Gasteiger partial charge on any atom is 0.225 e. The molecule has 6 heteroatoms. The highest BCUT2D eigenvalue weighted by Crippen LogP contribution is 2.20. The van der Waals surface area contributed by atoms with E-state index >= 15 is 0 Å². The Bertz CT molecular complexity index is 751. The average molecular weight is 316 g/mol. The van der Waals surface area contributed by atoms with E-state index in [1.165, 1.54) is 12.1 Å². The van der Waals surface area contributed by atoms with Crippen LogP contribution in [0.2, 0.25) is 0 Å². The quantitative estimate of drug-likeness (QED) is 0.785. The van der Waals surface area contributed by atoms with Crippen molar-refractivity contribution in [3.05, 3.63) is 64.2 Å². The summed E-state index contributed by atoms with van der Waals surface area (Å²) in [4.78, 5) is 12.8. The number of thiophene rings is 1. The summed E-state index contributed by atoms with van der Waals surface area (Å²) in [5.41, 5.74) is 1.36. The molecule has 0 aliphatic rings. The number of carbonyl (C=O) groups is 1. The number of rotatable bonds is 5. The number of benzene rings is 1. The lowest BCUT2D eigenvalue weighted by molar-refractivity contribution is -0.120. The monoisotopic (exact) mass is 316 g/mol. The van der Waals surface area contributed by atoms with Gasteiger partial charge in [-0.05, 0) is 35.7 Å². The molecule has 3 aromatic rings. The van der Waals surface area contributed by atoms with Crippen LogP contribution in [0.25, 0.3) is 11.3 Å². The van der Waals surface area contributed by atoms with Gasteiger partial charge in [0.25, 0.3) is 0 Å². The van der Waals surface area contributed by atoms with E-state index in [1.807, 2.05) is 17.5 Å². The summed E-state index contributed by atoms with van der Waals surface area (Å²) in [6, 6.07) is 11.5. The minimum absolute atomic E-state index is 0.0613. The molecule has 0 spiro atoms. The van der Waals surface area contributed by atoms with Gasteiger partial charge in [-0.2, -0.15) is 0 Å². The molecular formula is C16H13FN2O2S. The summed E-state index contributed by atoms with van der Waals surface area (Å²) in [7, 11) is 0. The number of hydrogen-bond donors (Lipinski definition) is 1. The molecule has 0 unspecified atom stereocenters. The second-order valence-corrected chi connectivity index (χ2v) is 5.75. The Morgan fingerprint density at radius 3 is 2.82 bits per heavy atom. The van der Waals surface area contributed by atoms with Crippen LogP contribution >= 0.6 is 11.3 Å². The van der Waals surface area contributed by atoms with Gasteiger partial charge in [0.05, 0.1) is 13.0 Å². The number of nitrogens with zero attached hydrogens (tertiary/aromatic N) is 1. The zero-order valence-corrected chi connectivity index (χ0v) is 12.4. The number of amides is 1. The Morgan fingerprint density at radius 1 is 1.27 bits per heavy atom. The highest BCUT2D eigenvalue weighted by molar-refractivity contribution is 7.10. The highest BCUT2D eigenvalue weighted by Gasteiger charge is 2.09.